The molecular formula is C14H23N3O4S. The lowest BCUT2D eigenvalue weighted by molar-refractivity contribution is -0.149. The van der Waals surface area contributed by atoms with Crippen molar-refractivity contribution in [3.63, 3.8) is 0 Å². The number of likely N-dealkylation sites (tertiary alicyclic amines) is 2. The smallest absolute Gasteiger partial charge is 0.249 e. The lowest BCUT2D eigenvalue weighted by atomic mass is 9.93. The number of aliphatic hydroxyl groups excluding tert-OH is 1. The second-order valence-electron chi connectivity index (χ2n) is 6.08. The van der Waals surface area contributed by atoms with Crippen molar-refractivity contribution < 1.29 is 19.5 Å². The third-order valence-electron chi connectivity index (χ3n) is 4.56. The summed E-state index contributed by atoms with van der Waals surface area (Å²) < 4.78 is 0. The number of thiol groups is 1. The highest BCUT2D eigenvalue weighted by atomic mass is 32.1. The highest BCUT2D eigenvalue weighted by molar-refractivity contribution is 7.80. The van der Waals surface area contributed by atoms with E-state index in [0.717, 1.165) is 6.42 Å². The Kier molecular flexibility index (Phi) is 5.01. The van der Waals surface area contributed by atoms with Gasteiger partial charge in [0.15, 0.2) is 0 Å². The first-order valence-electron chi connectivity index (χ1n) is 7.53. The second-order valence-corrected chi connectivity index (χ2v) is 6.45. The number of hydrogen-bond acceptors (Lipinski definition) is 5. The van der Waals surface area contributed by atoms with E-state index in [1.54, 1.807) is 11.8 Å². The molecular weight excluding hydrogens is 306 g/mol. The van der Waals surface area contributed by atoms with Gasteiger partial charge >= 0.3 is 0 Å². The zero-order chi connectivity index (χ0) is 16.5. The number of nitrogens with zero attached hydrogens (tertiary/aromatic N) is 2. The minimum Gasteiger partial charge on any atom is -0.393 e. The molecule has 0 aromatic rings. The molecule has 0 aliphatic carbocycles. The van der Waals surface area contributed by atoms with Crippen molar-refractivity contribution in [2.75, 3.05) is 18.8 Å². The third-order valence-corrected chi connectivity index (χ3v) is 4.91. The summed E-state index contributed by atoms with van der Waals surface area (Å²) in [6.45, 7) is 2.45. The number of carbonyl (C=O) groups excluding carboxylic acids is 3. The first-order chi connectivity index (χ1) is 10.3. The summed E-state index contributed by atoms with van der Waals surface area (Å²) >= 11 is 4.10. The Hall–Kier alpha value is -1.28. The molecule has 2 aliphatic heterocycles. The van der Waals surface area contributed by atoms with E-state index in [-0.39, 0.29) is 24.0 Å². The van der Waals surface area contributed by atoms with Crippen LogP contribution in [0.4, 0.5) is 0 Å². The third kappa shape index (κ3) is 2.81. The topological polar surface area (TPSA) is 104 Å². The van der Waals surface area contributed by atoms with Crippen LogP contribution in [0.3, 0.4) is 0 Å². The van der Waals surface area contributed by atoms with Gasteiger partial charge in [-0.05, 0) is 26.2 Å². The first kappa shape index (κ1) is 17.1. The van der Waals surface area contributed by atoms with Gasteiger partial charge in [-0.15, -0.1) is 0 Å². The summed E-state index contributed by atoms with van der Waals surface area (Å²) in [4.78, 5) is 39.7. The summed E-state index contributed by atoms with van der Waals surface area (Å²) in [5.41, 5.74) is 4.47. The Labute approximate surface area is 135 Å². The quantitative estimate of drug-likeness (QED) is 0.571. The Morgan fingerprint density at radius 1 is 1.41 bits per heavy atom. The number of rotatable bonds is 5. The maximum atomic E-state index is 12.9. The fraction of sp³-hybridized carbons (Fsp3) is 0.786. The van der Waals surface area contributed by atoms with Crippen molar-refractivity contribution >= 4 is 30.4 Å². The van der Waals surface area contributed by atoms with Crippen LogP contribution in [0.25, 0.3) is 0 Å². The molecule has 0 radical (unpaired) electrons. The van der Waals surface area contributed by atoms with E-state index in [9.17, 15) is 19.5 Å². The van der Waals surface area contributed by atoms with Gasteiger partial charge in [0.25, 0.3) is 0 Å². The Morgan fingerprint density at radius 3 is 2.64 bits per heavy atom. The standard InChI is InChI=1S/C14H23N3O4S/c1-9(18)7-11(19)17-5-2-3-14(17)4-6-16(13(14)21)10(8-22)12(15)20/h9-10,18,22H,2-8H2,1H3,(H2,15,20)/t9-,10+,14?/m1/s1. The highest BCUT2D eigenvalue weighted by Crippen LogP contribution is 2.40. The minimum atomic E-state index is -0.872. The Morgan fingerprint density at radius 2 is 2.09 bits per heavy atom. The zero-order valence-electron chi connectivity index (χ0n) is 12.7. The molecule has 2 saturated heterocycles. The van der Waals surface area contributed by atoms with Crippen LogP contribution in [0.5, 0.6) is 0 Å². The molecule has 0 aromatic carbocycles. The van der Waals surface area contributed by atoms with Gasteiger partial charge in [-0.2, -0.15) is 12.6 Å². The van der Waals surface area contributed by atoms with Crippen molar-refractivity contribution in [2.24, 2.45) is 5.73 Å². The van der Waals surface area contributed by atoms with Crippen molar-refractivity contribution in [3.05, 3.63) is 0 Å². The zero-order valence-corrected chi connectivity index (χ0v) is 13.6. The van der Waals surface area contributed by atoms with Crippen molar-refractivity contribution in [1.29, 1.82) is 0 Å². The lowest BCUT2D eigenvalue weighted by Gasteiger charge is -2.34. The maximum absolute atomic E-state index is 12.9. The van der Waals surface area contributed by atoms with Crippen LogP contribution in [0, 0.1) is 0 Å². The molecule has 0 bridgehead atoms. The van der Waals surface area contributed by atoms with Gasteiger partial charge in [-0.25, -0.2) is 0 Å². The van der Waals surface area contributed by atoms with Gasteiger partial charge in [0.1, 0.15) is 11.6 Å². The molecule has 1 spiro atoms. The maximum Gasteiger partial charge on any atom is 0.249 e. The van der Waals surface area contributed by atoms with Crippen LogP contribution in [0.1, 0.15) is 32.6 Å². The first-order valence-corrected chi connectivity index (χ1v) is 8.16. The van der Waals surface area contributed by atoms with E-state index >= 15 is 0 Å². The molecule has 2 heterocycles. The molecule has 124 valence electrons. The van der Waals surface area contributed by atoms with Crippen molar-refractivity contribution in [1.82, 2.24) is 9.80 Å². The monoisotopic (exact) mass is 329 g/mol. The molecule has 2 rings (SSSR count). The molecule has 3 N–H and O–H groups in total. The average Bonchev–Trinajstić information content (AvgIpc) is 2.98. The molecule has 8 heteroatoms. The second kappa shape index (κ2) is 6.45. The molecule has 1 unspecified atom stereocenters. The van der Waals surface area contributed by atoms with Crippen molar-refractivity contribution in [3.8, 4) is 0 Å². The van der Waals surface area contributed by atoms with E-state index in [1.165, 1.54) is 4.90 Å². The van der Waals surface area contributed by atoms with Gasteiger partial charge in [0.2, 0.25) is 17.7 Å². The molecule has 2 fully saturated rings. The van der Waals surface area contributed by atoms with E-state index in [4.69, 9.17) is 5.73 Å². The predicted molar refractivity (Wildman–Crippen MR) is 83.1 cm³/mol. The summed E-state index contributed by atoms with van der Waals surface area (Å²) in [6, 6.07) is -0.746. The predicted octanol–water partition coefficient (Wildman–Crippen LogP) is -0.865. The van der Waals surface area contributed by atoms with Gasteiger partial charge in [-0.1, -0.05) is 0 Å². The fourth-order valence-electron chi connectivity index (χ4n) is 3.51. The van der Waals surface area contributed by atoms with Crippen molar-refractivity contribution in [2.45, 2.75) is 50.3 Å². The molecule has 2 aliphatic rings. The van der Waals surface area contributed by atoms with Gasteiger partial charge in [0, 0.05) is 18.8 Å². The van der Waals surface area contributed by atoms with E-state index in [0.29, 0.717) is 25.9 Å². The van der Waals surface area contributed by atoms with Gasteiger partial charge in [-0.3, -0.25) is 14.4 Å². The Bertz CT molecular complexity index is 485. The number of amides is 3. The molecule has 22 heavy (non-hydrogen) atoms. The average molecular weight is 329 g/mol. The molecule has 3 atom stereocenters. The summed E-state index contributed by atoms with van der Waals surface area (Å²) in [5.74, 6) is -0.857. The van der Waals surface area contributed by atoms with Gasteiger partial charge in [0.05, 0.1) is 12.5 Å². The normalized spacial score (nSPS) is 27.5. The van der Waals surface area contributed by atoms with Crippen LogP contribution in [-0.4, -0.2) is 69.2 Å². The minimum absolute atomic E-state index is 0.000839. The van der Waals surface area contributed by atoms with Crippen LogP contribution in [-0.2, 0) is 14.4 Å². The SMILES string of the molecule is C[C@@H](O)CC(=O)N1CCCC12CCN([C@@H](CS)C(N)=O)C2=O. The fourth-order valence-corrected chi connectivity index (χ4v) is 3.89. The van der Waals surface area contributed by atoms with Crippen LogP contribution in [0.2, 0.25) is 0 Å². The summed E-state index contributed by atoms with van der Waals surface area (Å²) in [7, 11) is 0. The highest BCUT2D eigenvalue weighted by Gasteiger charge is 2.56. The summed E-state index contributed by atoms with van der Waals surface area (Å²) in [5, 5.41) is 9.42. The van der Waals surface area contributed by atoms with E-state index < -0.39 is 23.6 Å². The number of aliphatic hydroxyl groups is 1. The van der Waals surface area contributed by atoms with Gasteiger partial charge < -0.3 is 20.6 Å². The molecule has 0 saturated carbocycles. The number of carbonyl (C=O) groups is 3. The molecule has 0 aromatic heterocycles. The largest absolute Gasteiger partial charge is 0.393 e. The van der Waals surface area contributed by atoms with Crippen LogP contribution < -0.4 is 5.73 Å². The molecule has 3 amide bonds. The molecule has 7 nitrogen and oxygen atoms in total. The Balaban J connectivity index is 2.21. The number of hydrogen-bond donors (Lipinski definition) is 3. The van der Waals surface area contributed by atoms with Crippen LogP contribution >= 0.6 is 12.6 Å². The van der Waals surface area contributed by atoms with E-state index in [1.807, 2.05) is 0 Å². The lowest BCUT2D eigenvalue weighted by Crippen LogP contribution is -2.56. The van der Waals surface area contributed by atoms with Crippen LogP contribution in [0.15, 0.2) is 0 Å². The number of primary amides is 1. The van der Waals surface area contributed by atoms with E-state index in [2.05, 4.69) is 12.6 Å². The summed E-state index contributed by atoms with van der Waals surface area (Å²) in [6.07, 6.45) is 1.09. The number of nitrogens with two attached hydrogens (primary N) is 1.